The van der Waals surface area contributed by atoms with Crippen LogP contribution in [0.2, 0.25) is 0 Å². The molecular formula is C17H23NO3S3. The largest absolute Gasteiger partial charge is 0.289 e. The van der Waals surface area contributed by atoms with Gasteiger partial charge < -0.3 is 0 Å². The minimum atomic E-state index is -1.33. The fourth-order valence-corrected chi connectivity index (χ4v) is 5.23. The number of aryl methyl sites for hydroxylation is 2. The molecule has 0 spiro atoms. The van der Waals surface area contributed by atoms with Crippen molar-refractivity contribution in [3.05, 3.63) is 34.0 Å². The third-order valence-electron chi connectivity index (χ3n) is 4.19. The lowest BCUT2D eigenvalue weighted by Gasteiger charge is -2.24. The summed E-state index contributed by atoms with van der Waals surface area (Å²) in [4.78, 5) is 17.0. The molecule has 2 atom stereocenters. The molecule has 2 unspecified atom stereocenters. The number of unbranched alkanes of at least 4 members (excludes halogenated alkanes) is 1. The van der Waals surface area contributed by atoms with Crippen LogP contribution in [0.4, 0.5) is 0 Å². The number of hydrogen-bond donors (Lipinski definition) is 2. The summed E-state index contributed by atoms with van der Waals surface area (Å²) in [5.41, 5.74) is 1.64. The van der Waals surface area contributed by atoms with E-state index < -0.39 is 21.5 Å². The molecule has 0 bridgehead atoms. The van der Waals surface area contributed by atoms with Crippen molar-refractivity contribution in [3.63, 3.8) is 0 Å². The standard InChI is InChI=1S/C17H23NO3S3/c1-12-7-9-14(22-12)15-10-8-13(23-15)6-4-5-11-17(2,24(3)21)16(19)18-20/h7-10,20H,4-6,11H2,1-3H3,(H,18,19). The van der Waals surface area contributed by atoms with Crippen LogP contribution in [-0.4, -0.2) is 26.3 Å². The summed E-state index contributed by atoms with van der Waals surface area (Å²) in [6.07, 6.45) is 4.65. The van der Waals surface area contributed by atoms with Gasteiger partial charge in [-0.15, -0.1) is 22.7 Å². The monoisotopic (exact) mass is 385 g/mol. The van der Waals surface area contributed by atoms with Gasteiger partial charge in [0.25, 0.3) is 5.91 Å². The zero-order chi connectivity index (χ0) is 17.7. The van der Waals surface area contributed by atoms with E-state index in [1.165, 1.54) is 25.8 Å². The first-order valence-electron chi connectivity index (χ1n) is 7.80. The van der Waals surface area contributed by atoms with Gasteiger partial charge in [-0.1, -0.05) is 6.42 Å². The molecule has 0 radical (unpaired) electrons. The van der Waals surface area contributed by atoms with E-state index >= 15 is 0 Å². The minimum Gasteiger partial charge on any atom is -0.289 e. The summed E-state index contributed by atoms with van der Waals surface area (Å²) in [5, 5.41) is 8.84. The quantitative estimate of drug-likeness (QED) is 0.408. The van der Waals surface area contributed by atoms with Crippen molar-refractivity contribution in [1.82, 2.24) is 5.48 Å². The van der Waals surface area contributed by atoms with Gasteiger partial charge in [0.1, 0.15) is 4.75 Å². The highest BCUT2D eigenvalue weighted by Gasteiger charge is 2.36. The fraction of sp³-hybridized carbons (Fsp3) is 0.471. The molecule has 2 heterocycles. The van der Waals surface area contributed by atoms with Crippen molar-refractivity contribution >= 4 is 39.4 Å². The highest BCUT2D eigenvalue weighted by atomic mass is 32.2. The average Bonchev–Trinajstić information content (AvgIpc) is 3.19. The lowest BCUT2D eigenvalue weighted by Crippen LogP contribution is -2.46. The number of nitrogens with one attached hydrogen (secondary N) is 1. The van der Waals surface area contributed by atoms with Crippen LogP contribution in [0.15, 0.2) is 24.3 Å². The summed E-state index contributed by atoms with van der Waals surface area (Å²) in [7, 11) is -1.33. The summed E-state index contributed by atoms with van der Waals surface area (Å²) in [6.45, 7) is 3.75. The SMILES string of the molecule is Cc1ccc(-c2ccc(CCCCC(C)(C(=O)NO)S(C)=O)s2)s1. The number of rotatable bonds is 8. The summed E-state index contributed by atoms with van der Waals surface area (Å²) in [6, 6.07) is 8.62. The van der Waals surface area contributed by atoms with E-state index in [4.69, 9.17) is 5.21 Å². The number of hydrogen-bond acceptors (Lipinski definition) is 5. The Balaban J connectivity index is 1.87. The van der Waals surface area contributed by atoms with Gasteiger partial charge >= 0.3 is 0 Å². The molecule has 1 amide bonds. The van der Waals surface area contributed by atoms with Crippen LogP contribution in [0.3, 0.4) is 0 Å². The zero-order valence-corrected chi connectivity index (χ0v) is 16.6. The number of hydroxylamine groups is 1. The van der Waals surface area contributed by atoms with Gasteiger partial charge in [-0.3, -0.25) is 14.2 Å². The number of carbonyl (C=O) groups is 1. The first kappa shape index (κ1) is 19.3. The van der Waals surface area contributed by atoms with Crippen molar-refractivity contribution in [2.45, 2.75) is 44.3 Å². The Labute approximate surface area is 153 Å². The van der Waals surface area contributed by atoms with Crippen molar-refractivity contribution in [2.75, 3.05) is 6.26 Å². The second-order valence-corrected chi connectivity index (χ2v) is 10.3. The molecule has 2 aromatic rings. The number of carbonyl (C=O) groups excluding carboxylic acids is 1. The summed E-state index contributed by atoms with van der Waals surface area (Å²) >= 11 is 3.61. The Morgan fingerprint density at radius 2 is 1.88 bits per heavy atom. The Kier molecular flexibility index (Phi) is 6.74. The van der Waals surface area contributed by atoms with E-state index in [0.717, 1.165) is 19.3 Å². The van der Waals surface area contributed by atoms with Crippen molar-refractivity contribution in [2.24, 2.45) is 0 Å². The molecule has 0 aliphatic rings. The molecule has 0 aliphatic heterocycles. The predicted molar refractivity (Wildman–Crippen MR) is 102 cm³/mol. The van der Waals surface area contributed by atoms with Gasteiger partial charge in [0.15, 0.2) is 0 Å². The molecule has 24 heavy (non-hydrogen) atoms. The van der Waals surface area contributed by atoms with Crippen molar-refractivity contribution in [1.29, 1.82) is 0 Å². The molecule has 4 nitrogen and oxygen atoms in total. The second kappa shape index (κ2) is 8.38. The third kappa shape index (κ3) is 4.53. The van der Waals surface area contributed by atoms with Gasteiger partial charge in [0, 0.05) is 36.6 Å². The van der Waals surface area contributed by atoms with Crippen LogP contribution in [0.5, 0.6) is 0 Å². The van der Waals surface area contributed by atoms with Gasteiger partial charge in [0.05, 0.1) is 0 Å². The normalized spacial score (nSPS) is 15.0. The molecular weight excluding hydrogens is 362 g/mol. The predicted octanol–water partition coefficient (Wildman–Crippen LogP) is 4.14. The highest BCUT2D eigenvalue weighted by molar-refractivity contribution is 7.86. The summed E-state index contributed by atoms with van der Waals surface area (Å²) < 4.78 is 10.8. The Morgan fingerprint density at radius 1 is 1.21 bits per heavy atom. The van der Waals surface area contributed by atoms with E-state index in [0.29, 0.717) is 6.42 Å². The molecule has 0 fully saturated rings. The molecule has 0 saturated carbocycles. The average molecular weight is 386 g/mol. The maximum absolute atomic E-state index is 11.8. The van der Waals surface area contributed by atoms with E-state index in [9.17, 15) is 9.00 Å². The first-order chi connectivity index (χ1) is 11.4. The van der Waals surface area contributed by atoms with Crippen LogP contribution in [0.1, 0.15) is 35.9 Å². The summed E-state index contributed by atoms with van der Waals surface area (Å²) in [5.74, 6) is -0.574. The van der Waals surface area contributed by atoms with Gasteiger partial charge in [-0.25, -0.2) is 5.48 Å². The lowest BCUT2D eigenvalue weighted by molar-refractivity contribution is -0.131. The maximum atomic E-state index is 11.8. The molecule has 0 saturated heterocycles. The van der Waals surface area contributed by atoms with Crippen LogP contribution >= 0.6 is 22.7 Å². The molecule has 132 valence electrons. The molecule has 0 aliphatic carbocycles. The van der Waals surface area contributed by atoms with Crippen molar-refractivity contribution < 1.29 is 14.2 Å². The zero-order valence-electron chi connectivity index (χ0n) is 14.1. The highest BCUT2D eigenvalue weighted by Crippen LogP contribution is 2.34. The van der Waals surface area contributed by atoms with E-state index in [1.54, 1.807) is 35.1 Å². The third-order valence-corrected chi connectivity index (χ3v) is 8.19. The Morgan fingerprint density at radius 3 is 2.46 bits per heavy atom. The number of thiophene rings is 2. The topological polar surface area (TPSA) is 66.4 Å². The molecule has 2 N–H and O–H groups in total. The van der Waals surface area contributed by atoms with Crippen LogP contribution < -0.4 is 5.48 Å². The van der Waals surface area contributed by atoms with E-state index in [2.05, 4.69) is 31.2 Å². The molecule has 2 aromatic heterocycles. The fourth-order valence-electron chi connectivity index (χ4n) is 2.48. The smallest absolute Gasteiger partial charge is 0.261 e. The maximum Gasteiger partial charge on any atom is 0.261 e. The minimum absolute atomic E-state index is 0.491. The molecule has 2 rings (SSSR count). The van der Waals surface area contributed by atoms with Gasteiger partial charge in [0.2, 0.25) is 0 Å². The number of amides is 1. The van der Waals surface area contributed by atoms with Crippen LogP contribution in [0.25, 0.3) is 9.75 Å². The second-order valence-electron chi connectivity index (χ2n) is 6.01. The first-order valence-corrected chi connectivity index (χ1v) is 11.0. The Bertz CT molecular complexity index is 722. The van der Waals surface area contributed by atoms with Crippen molar-refractivity contribution in [3.8, 4) is 9.75 Å². The van der Waals surface area contributed by atoms with E-state index in [1.807, 2.05) is 0 Å². The lowest BCUT2D eigenvalue weighted by atomic mass is 10.0. The van der Waals surface area contributed by atoms with Gasteiger partial charge in [-0.05, 0) is 57.4 Å². The molecule has 7 heteroatoms. The Hall–Kier alpha value is -1.02. The van der Waals surface area contributed by atoms with Gasteiger partial charge in [-0.2, -0.15) is 0 Å². The molecule has 0 aromatic carbocycles. The van der Waals surface area contributed by atoms with Crippen LogP contribution in [-0.2, 0) is 22.0 Å². The van der Waals surface area contributed by atoms with E-state index in [-0.39, 0.29) is 0 Å². The van der Waals surface area contributed by atoms with Crippen LogP contribution in [0, 0.1) is 6.92 Å².